The van der Waals surface area contributed by atoms with Crippen molar-refractivity contribution in [3.05, 3.63) is 28.8 Å². The molecule has 5 N–H and O–H groups in total. The van der Waals surface area contributed by atoms with Crippen LogP contribution < -0.4 is 16.8 Å². The van der Waals surface area contributed by atoms with Crippen LogP contribution in [0.4, 0.5) is 10.5 Å². The zero-order valence-electron chi connectivity index (χ0n) is 11.6. The van der Waals surface area contributed by atoms with Gasteiger partial charge in [0, 0.05) is 30.3 Å². The van der Waals surface area contributed by atoms with Crippen molar-refractivity contribution in [3.8, 4) is 0 Å². The third-order valence-corrected chi connectivity index (χ3v) is 3.85. The Morgan fingerprint density at radius 2 is 2.19 bits per heavy atom. The Kier molecular flexibility index (Phi) is 4.90. The quantitative estimate of drug-likeness (QED) is 0.736. The Bertz CT molecular complexity index is 550. The maximum Gasteiger partial charge on any atom is 0.312 e. The molecule has 1 aromatic carbocycles. The van der Waals surface area contributed by atoms with Gasteiger partial charge in [0.15, 0.2) is 0 Å². The minimum atomic E-state index is -0.544. The van der Waals surface area contributed by atoms with Crippen LogP contribution in [0.25, 0.3) is 0 Å². The Labute approximate surface area is 128 Å². The zero-order valence-corrected chi connectivity index (χ0v) is 12.4. The largest absolute Gasteiger partial charge is 0.398 e. The number of nitrogen functional groups attached to an aromatic ring is 1. The van der Waals surface area contributed by atoms with E-state index in [0.29, 0.717) is 35.9 Å². The predicted octanol–water partition coefficient (Wildman–Crippen LogP) is 1.44. The SMILES string of the molecule is NC(=O)NCC1CCCN(C(=O)c2cc(Cl)ccc2N)C1. The third kappa shape index (κ3) is 4.01. The molecule has 1 fully saturated rings. The summed E-state index contributed by atoms with van der Waals surface area (Å²) in [5.41, 5.74) is 11.8. The molecule has 3 amide bonds. The van der Waals surface area contributed by atoms with Gasteiger partial charge in [-0.05, 0) is 37.0 Å². The number of hydrogen-bond acceptors (Lipinski definition) is 3. The smallest absolute Gasteiger partial charge is 0.312 e. The summed E-state index contributed by atoms with van der Waals surface area (Å²) in [6.07, 6.45) is 1.84. The van der Waals surface area contributed by atoms with E-state index < -0.39 is 6.03 Å². The van der Waals surface area contributed by atoms with Crippen LogP contribution in [0.1, 0.15) is 23.2 Å². The molecule has 1 saturated heterocycles. The fourth-order valence-electron chi connectivity index (χ4n) is 2.55. The Morgan fingerprint density at radius 1 is 1.43 bits per heavy atom. The summed E-state index contributed by atoms with van der Waals surface area (Å²) in [7, 11) is 0. The minimum absolute atomic E-state index is 0.126. The molecule has 1 unspecified atom stereocenters. The van der Waals surface area contributed by atoms with Gasteiger partial charge in [-0.3, -0.25) is 4.79 Å². The van der Waals surface area contributed by atoms with Crippen LogP contribution in [0.2, 0.25) is 5.02 Å². The van der Waals surface area contributed by atoms with Crippen LogP contribution in [0.3, 0.4) is 0 Å². The third-order valence-electron chi connectivity index (χ3n) is 3.62. The summed E-state index contributed by atoms with van der Waals surface area (Å²) in [5, 5.41) is 3.07. The van der Waals surface area contributed by atoms with Gasteiger partial charge in [0.05, 0.1) is 5.56 Å². The number of nitrogens with one attached hydrogen (secondary N) is 1. The zero-order chi connectivity index (χ0) is 15.4. The number of primary amides is 1. The minimum Gasteiger partial charge on any atom is -0.398 e. The molecule has 2 rings (SSSR count). The van der Waals surface area contributed by atoms with Crippen LogP contribution in [0.5, 0.6) is 0 Å². The molecule has 0 aromatic heterocycles. The summed E-state index contributed by atoms with van der Waals surface area (Å²) >= 11 is 5.93. The molecule has 0 saturated carbocycles. The second-order valence-electron chi connectivity index (χ2n) is 5.24. The molecule has 1 aliphatic heterocycles. The highest BCUT2D eigenvalue weighted by molar-refractivity contribution is 6.31. The Morgan fingerprint density at radius 3 is 2.90 bits per heavy atom. The fourth-order valence-corrected chi connectivity index (χ4v) is 2.72. The lowest BCUT2D eigenvalue weighted by Gasteiger charge is -2.33. The van der Waals surface area contributed by atoms with Gasteiger partial charge in [0.1, 0.15) is 0 Å². The van der Waals surface area contributed by atoms with Gasteiger partial charge in [0.25, 0.3) is 5.91 Å². The van der Waals surface area contributed by atoms with Gasteiger partial charge in [-0.1, -0.05) is 11.6 Å². The molecule has 0 aliphatic carbocycles. The Balaban J connectivity index is 2.05. The van der Waals surface area contributed by atoms with E-state index in [0.717, 1.165) is 12.8 Å². The van der Waals surface area contributed by atoms with Crippen molar-refractivity contribution in [1.29, 1.82) is 0 Å². The second kappa shape index (κ2) is 6.67. The molecule has 1 atom stereocenters. The first kappa shape index (κ1) is 15.4. The number of carbonyl (C=O) groups excluding carboxylic acids is 2. The molecule has 7 heteroatoms. The molecular formula is C14H19ClN4O2. The van der Waals surface area contributed by atoms with Crippen molar-refractivity contribution in [2.75, 3.05) is 25.4 Å². The van der Waals surface area contributed by atoms with Gasteiger partial charge < -0.3 is 21.7 Å². The summed E-state index contributed by atoms with van der Waals surface area (Å²) < 4.78 is 0. The van der Waals surface area contributed by atoms with Gasteiger partial charge in [0.2, 0.25) is 0 Å². The molecular weight excluding hydrogens is 292 g/mol. The van der Waals surface area contributed by atoms with Crippen molar-refractivity contribution in [1.82, 2.24) is 10.2 Å². The highest BCUT2D eigenvalue weighted by atomic mass is 35.5. The molecule has 0 radical (unpaired) electrons. The van der Waals surface area contributed by atoms with Crippen molar-refractivity contribution in [2.24, 2.45) is 11.7 Å². The number of likely N-dealkylation sites (tertiary alicyclic amines) is 1. The lowest BCUT2D eigenvalue weighted by molar-refractivity contribution is 0.0676. The number of amides is 3. The average Bonchev–Trinajstić information content (AvgIpc) is 2.47. The number of hydrogen-bond donors (Lipinski definition) is 3. The van der Waals surface area contributed by atoms with Crippen molar-refractivity contribution >= 4 is 29.2 Å². The van der Waals surface area contributed by atoms with E-state index in [1.54, 1.807) is 23.1 Å². The van der Waals surface area contributed by atoms with E-state index in [9.17, 15) is 9.59 Å². The number of carbonyl (C=O) groups is 2. The molecule has 114 valence electrons. The maximum absolute atomic E-state index is 12.5. The highest BCUT2D eigenvalue weighted by Crippen LogP contribution is 2.23. The van der Waals surface area contributed by atoms with E-state index in [1.165, 1.54) is 0 Å². The molecule has 1 heterocycles. The lowest BCUT2D eigenvalue weighted by atomic mass is 9.97. The fraction of sp³-hybridized carbons (Fsp3) is 0.429. The van der Waals surface area contributed by atoms with E-state index in [2.05, 4.69) is 5.32 Å². The van der Waals surface area contributed by atoms with Crippen LogP contribution in [-0.4, -0.2) is 36.5 Å². The van der Waals surface area contributed by atoms with Crippen LogP contribution in [-0.2, 0) is 0 Å². The average molecular weight is 311 g/mol. The number of nitrogens with zero attached hydrogens (tertiary/aromatic N) is 1. The number of urea groups is 1. The maximum atomic E-state index is 12.5. The van der Waals surface area contributed by atoms with Crippen LogP contribution in [0, 0.1) is 5.92 Å². The van der Waals surface area contributed by atoms with Crippen LogP contribution in [0.15, 0.2) is 18.2 Å². The molecule has 0 spiro atoms. The van der Waals surface area contributed by atoms with E-state index >= 15 is 0 Å². The van der Waals surface area contributed by atoms with E-state index in [4.69, 9.17) is 23.1 Å². The predicted molar refractivity (Wildman–Crippen MR) is 82.1 cm³/mol. The second-order valence-corrected chi connectivity index (χ2v) is 5.67. The monoisotopic (exact) mass is 310 g/mol. The van der Waals surface area contributed by atoms with Gasteiger partial charge in [-0.15, -0.1) is 0 Å². The van der Waals surface area contributed by atoms with Gasteiger partial charge >= 0.3 is 6.03 Å². The lowest BCUT2D eigenvalue weighted by Crippen LogP contribution is -2.44. The number of piperidine rings is 1. The molecule has 6 nitrogen and oxygen atoms in total. The number of halogens is 1. The number of rotatable bonds is 3. The first-order valence-electron chi connectivity index (χ1n) is 6.85. The highest BCUT2D eigenvalue weighted by Gasteiger charge is 2.25. The molecule has 0 bridgehead atoms. The topological polar surface area (TPSA) is 101 Å². The van der Waals surface area contributed by atoms with E-state index in [-0.39, 0.29) is 11.8 Å². The first-order chi connectivity index (χ1) is 9.97. The van der Waals surface area contributed by atoms with Crippen molar-refractivity contribution in [3.63, 3.8) is 0 Å². The van der Waals surface area contributed by atoms with E-state index in [1.807, 2.05) is 0 Å². The first-order valence-corrected chi connectivity index (χ1v) is 7.22. The number of nitrogens with two attached hydrogens (primary N) is 2. The van der Waals surface area contributed by atoms with Gasteiger partial charge in [-0.2, -0.15) is 0 Å². The number of anilines is 1. The van der Waals surface area contributed by atoms with Crippen molar-refractivity contribution in [2.45, 2.75) is 12.8 Å². The Hall–Kier alpha value is -1.95. The van der Waals surface area contributed by atoms with Crippen LogP contribution >= 0.6 is 11.6 Å². The number of benzene rings is 1. The molecule has 21 heavy (non-hydrogen) atoms. The normalized spacial score (nSPS) is 18.3. The van der Waals surface area contributed by atoms with Gasteiger partial charge in [-0.25, -0.2) is 4.79 Å². The summed E-state index contributed by atoms with van der Waals surface area (Å²) in [6, 6.07) is 4.33. The van der Waals surface area contributed by atoms with Crippen molar-refractivity contribution < 1.29 is 9.59 Å². The molecule has 1 aliphatic rings. The summed E-state index contributed by atoms with van der Waals surface area (Å²) in [4.78, 5) is 25.0. The molecule has 1 aromatic rings. The summed E-state index contributed by atoms with van der Waals surface area (Å²) in [6.45, 7) is 1.73. The standard InChI is InChI=1S/C14H19ClN4O2/c15-10-3-4-12(16)11(6-10)13(20)19-5-1-2-9(8-19)7-18-14(17)21/h3-4,6,9H,1-2,5,7-8,16H2,(H3,17,18,21). The summed E-state index contributed by atoms with van der Waals surface area (Å²) in [5.74, 6) is 0.0781.